The maximum atomic E-state index is 12.7. The Bertz CT molecular complexity index is 816. The SMILES string of the molecule is C=CCN(Cc1nc2sc3c(c2c(=O)[nH]1)CCCCC3)CC(C)(C)O. The number of thiophene rings is 1. The molecule has 6 heteroatoms. The Morgan fingerprint density at radius 3 is 2.84 bits per heavy atom. The summed E-state index contributed by atoms with van der Waals surface area (Å²) in [7, 11) is 0. The van der Waals surface area contributed by atoms with Gasteiger partial charge in [-0.1, -0.05) is 12.5 Å². The fourth-order valence-electron chi connectivity index (χ4n) is 3.59. The molecule has 2 N–H and O–H groups in total. The smallest absolute Gasteiger partial charge is 0.259 e. The summed E-state index contributed by atoms with van der Waals surface area (Å²) in [5, 5.41) is 10.9. The summed E-state index contributed by atoms with van der Waals surface area (Å²) in [5.74, 6) is 0.653. The number of rotatable bonds is 6. The van der Waals surface area contributed by atoms with Gasteiger partial charge in [-0.25, -0.2) is 4.98 Å². The van der Waals surface area contributed by atoms with Gasteiger partial charge in [0, 0.05) is 18.0 Å². The summed E-state index contributed by atoms with van der Waals surface area (Å²) in [6.45, 7) is 8.94. The quantitative estimate of drug-likeness (QED) is 0.613. The Morgan fingerprint density at radius 2 is 2.12 bits per heavy atom. The van der Waals surface area contributed by atoms with E-state index < -0.39 is 5.60 Å². The highest BCUT2D eigenvalue weighted by molar-refractivity contribution is 7.18. The molecule has 2 aromatic rings. The molecule has 0 bridgehead atoms. The van der Waals surface area contributed by atoms with Crippen molar-refractivity contribution in [2.45, 2.75) is 58.1 Å². The van der Waals surface area contributed by atoms with Gasteiger partial charge in [-0.05, 0) is 45.1 Å². The normalized spacial score (nSPS) is 15.4. The van der Waals surface area contributed by atoms with E-state index in [1.807, 2.05) is 4.90 Å². The van der Waals surface area contributed by atoms with Crippen LogP contribution in [0.4, 0.5) is 0 Å². The molecule has 2 aromatic heterocycles. The molecule has 1 aliphatic rings. The number of fused-ring (bicyclic) bond motifs is 3. The number of aryl methyl sites for hydroxylation is 2. The average Bonchev–Trinajstić information content (AvgIpc) is 2.68. The monoisotopic (exact) mass is 361 g/mol. The van der Waals surface area contributed by atoms with Crippen LogP contribution < -0.4 is 5.56 Å². The molecule has 0 spiro atoms. The molecule has 3 rings (SSSR count). The minimum absolute atomic E-state index is 0.0267. The van der Waals surface area contributed by atoms with Gasteiger partial charge in [-0.2, -0.15) is 0 Å². The first-order chi connectivity index (χ1) is 11.9. The lowest BCUT2D eigenvalue weighted by Gasteiger charge is -2.27. The summed E-state index contributed by atoms with van der Waals surface area (Å²) in [4.78, 5) is 24.6. The fraction of sp³-hybridized carbons (Fsp3) is 0.579. The lowest BCUT2D eigenvalue weighted by atomic mass is 10.1. The molecule has 136 valence electrons. The Morgan fingerprint density at radius 1 is 1.36 bits per heavy atom. The lowest BCUT2D eigenvalue weighted by Crippen LogP contribution is -2.39. The number of hydrogen-bond acceptors (Lipinski definition) is 5. The Kier molecular flexibility index (Phi) is 5.41. The third-order valence-electron chi connectivity index (χ3n) is 4.50. The number of aromatic amines is 1. The molecule has 0 amide bonds. The lowest BCUT2D eigenvalue weighted by molar-refractivity contribution is 0.0368. The van der Waals surface area contributed by atoms with Crippen LogP contribution in [-0.2, 0) is 19.4 Å². The number of nitrogens with one attached hydrogen (secondary N) is 1. The van der Waals surface area contributed by atoms with Gasteiger partial charge >= 0.3 is 0 Å². The van der Waals surface area contributed by atoms with E-state index in [1.165, 1.54) is 23.3 Å². The molecule has 0 atom stereocenters. The molecule has 0 unspecified atom stereocenters. The minimum Gasteiger partial charge on any atom is -0.389 e. The van der Waals surface area contributed by atoms with Gasteiger partial charge in [0.2, 0.25) is 0 Å². The van der Waals surface area contributed by atoms with Crippen LogP contribution in [0.5, 0.6) is 0 Å². The second-order valence-electron chi connectivity index (χ2n) is 7.53. The van der Waals surface area contributed by atoms with E-state index in [4.69, 9.17) is 4.98 Å². The van der Waals surface area contributed by atoms with E-state index in [0.29, 0.717) is 25.5 Å². The van der Waals surface area contributed by atoms with Gasteiger partial charge in [0.25, 0.3) is 5.56 Å². The van der Waals surface area contributed by atoms with Gasteiger partial charge in [-0.15, -0.1) is 17.9 Å². The molecule has 0 saturated carbocycles. The highest BCUT2D eigenvalue weighted by Gasteiger charge is 2.21. The van der Waals surface area contributed by atoms with Crippen LogP contribution in [0, 0.1) is 0 Å². The highest BCUT2D eigenvalue weighted by atomic mass is 32.1. The van der Waals surface area contributed by atoms with Crippen LogP contribution in [0.2, 0.25) is 0 Å². The first kappa shape index (κ1) is 18.3. The van der Waals surface area contributed by atoms with Crippen LogP contribution in [-0.4, -0.2) is 38.7 Å². The van der Waals surface area contributed by atoms with Gasteiger partial charge in [-0.3, -0.25) is 9.69 Å². The molecule has 0 saturated heterocycles. The van der Waals surface area contributed by atoms with Crippen LogP contribution in [0.25, 0.3) is 10.2 Å². The largest absolute Gasteiger partial charge is 0.389 e. The van der Waals surface area contributed by atoms with Gasteiger partial charge in [0.1, 0.15) is 10.7 Å². The van der Waals surface area contributed by atoms with Crippen LogP contribution in [0.1, 0.15) is 49.4 Å². The van der Waals surface area contributed by atoms with Crippen molar-refractivity contribution < 1.29 is 5.11 Å². The molecule has 0 aliphatic heterocycles. The molecule has 0 radical (unpaired) electrons. The zero-order chi connectivity index (χ0) is 18.0. The standard InChI is InChI=1S/C19H27N3O2S/c1-4-10-22(12-19(2,3)24)11-15-20-17(23)16-13-8-6-5-7-9-14(13)25-18(16)21-15/h4,24H,1,5-12H2,2-3H3,(H,20,21,23). The van der Waals surface area contributed by atoms with Crippen molar-refractivity contribution in [3.05, 3.63) is 39.3 Å². The molecule has 1 aliphatic carbocycles. The van der Waals surface area contributed by atoms with Crippen molar-refractivity contribution in [3.63, 3.8) is 0 Å². The first-order valence-electron chi connectivity index (χ1n) is 8.96. The van der Waals surface area contributed by atoms with Crippen molar-refractivity contribution in [2.24, 2.45) is 0 Å². The van der Waals surface area contributed by atoms with Gasteiger partial charge in [0.05, 0.1) is 17.5 Å². The maximum Gasteiger partial charge on any atom is 0.259 e. The number of H-pyrrole nitrogens is 1. The molecule has 2 heterocycles. The molecule has 0 fully saturated rings. The van der Waals surface area contributed by atoms with E-state index in [1.54, 1.807) is 31.3 Å². The Labute approximate surface area is 152 Å². The second kappa shape index (κ2) is 7.40. The molecule has 5 nitrogen and oxygen atoms in total. The van der Waals surface area contributed by atoms with E-state index in [0.717, 1.165) is 29.5 Å². The van der Waals surface area contributed by atoms with Crippen molar-refractivity contribution in [3.8, 4) is 0 Å². The first-order valence-corrected chi connectivity index (χ1v) is 9.78. The van der Waals surface area contributed by atoms with Gasteiger partial charge in [0.15, 0.2) is 0 Å². The summed E-state index contributed by atoms with van der Waals surface area (Å²) in [6.07, 6.45) is 7.44. The molecule has 25 heavy (non-hydrogen) atoms. The molecular weight excluding hydrogens is 334 g/mol. The number of aliphatic hydroxyl groups is 1. The van der Waals surface area contributed by atoms with Crippen LogP contribution in [0.15, 0.2) is 17.4 Å². The minimum atomic E-state index is -0.812. The Balaban J connectivity index is 1.92. The fourth-order valence-corrected chi connectivity index (χ4v) is 4.87. The highest BCUT2D eigenvalue weighted by Crippen LogP contribution is 2.32. The number of hydrogen-bond donors (Lipinski definition) is 2. The van der Waals surface area contributed by atoms with E-state index in [2.05, 4.69) is 11.6 Å². The Hall–Kier alpha value is -1.50. The third-order valence-corrected chi connectivity index (χ3v) is 5.68. The predicted octanol–water partition coefficient (Wildman–Crippen LogP) is 3.01. The van der Waals surface area contributed by atoms with E-state index >= 15 is 0 Å². The number of aromatic nitrogens is 2. The zero-order valence-electron chi connectivity index (χ0n) is 15.1. The average molecular weight is 362 g/mol. The third kappa shape index (κ3) is 4.37. The van der Waals surface area contributed by atoms with Crippen LogP contribution in [0.3, 0.4) is 0 Å². The van der Waals surface area contributed by atoms with E-state index in [-0.39, 0.29) is 5.56 Å². The summed E-state index contributed by atoms with van der Waals surface area (Å²) < 4.78 is 0. The predicted molar refractivity (Wildman–Crippen MR) is 103 cm³/mol. The summed E-state index contributed by atoms with van der Waals surface area (Å²) in [5.41, 5.74) is 0.381. The van der Waals surface area contributed by atoms with Crippen molar-refractivity contribution in [1.29, 1.82) is 0 Å². The topological polar surface area (TPSA) is 69.2 Å². The summed E-state index contributed by atoms with van der Waals surface area (Å²) >= 11 is 1.68. The molecule has 0 aromatic carbocycles. The van der Waals surface area contributed by atoms with Crippen molar-refractivity contribution in [1.82, 2.24) is 14.9 Å². The maximum absolute atomic E-state index is 12.7. The summed E-state index contributed by atoms with van der Waals surface area (Å²) in [6, 6.07) is 0. The number of nitrogens with zero attached hydrogens (tertiary/aromatic N) is 2. The van der Waals surface area contributed by atoms with Crippen molar-refractivity contribution in [2.75, 3.05) is 13.1 Å². The van der Waals surface area contributed by atoms with E-state index in [9.17, 15) is 9.90 Å². The van der Waals surface area contributed by atoms with Gasteiger partial charge < -0.3 is 10.1 Å². The zero-order valence-corrected chi connectivity index (χ0v) is 15.9. The molecular formula is C19H27N3O2S. The van der Waals surface area contributed by atoms with Crippen molar-refractivity contribution >= 4 is 21.6 Å². The van der Waals surface area contributed by atoms with Crippen LogP contribution >= 0.6 is 11.3 Å². The second-order valence-corrected chi connectivity index (χ2v) is 8.61.